The van der Waals surface area contributed by atoms with E-state index in [0.717, 1.165) is 16.5 Å². The first-order valence-corrected chi connectivity index (χ1v) is 16.0. The number of hydrogen-bond acceptors (Lipinski definition) is 4. The van der Waals surface area contributed by atoms with Gasteiger partial charge in [-0.3, -0.25) is 0 Å². The van der Waals surface area contributed by atoms with Crippen LogP contribution in [-0.4, -0.2) is 4.57 Å². The lowest BCUT2D eigenvalue weighted by Crippen LogP contribution is -2.02. The Morgan fingerprint density at radius 1 is 0.500 bits per heavy atom. The maximum absolute atomic E-state index is 9.84. The van der Waals surface area contributed by atoms with Crippen molar-refractivity contribution in [2.24, 2.45) is 0 Å². The maximum Gasteiger partial charge on any atom is 0.0991 e. The number of thiophene rings is 2. The van der Waals surface area contributed by atoms with E-state index in [1.165, 1.54) is 62.3 Å². The summed E-state index contributed by atoms with van der Waals surface area (Å²) in [7, 11) is 0. The van der Waals surface area contributed by atoms with Gasteiger partial charge in [-0.15, -0.1) is 22.7 Å². The van der Waals surface area contributed by atoms with E-state index in [9.17, 15) is 10.5 Å². The van der Waals surface area contributed by atoms with Crippen molar-refractivity contribution < 1.29 is 0 Å². The number of aromatic nitrogens is 1. The minimum Gasteiger partial charge on any atom is -0.336 e. The minimum absolute atomic E-state index is 0.657. The molecule has 6 aromatic carbocycles. The first-order valence-electron chi connectivity index (χ1n) is 14.4. The number of nitrogens with zero attached hydrogens (tertiary/aromatic N) is 3. The minimum atomic E-state index is 0.657. The monoisotopic (exact) mass is 595 g/mol. The van der Waals surface area contributed by atoms with Gasteiger partial charge in [-0.1, -0.05) is 48.5 Å². The van der Waals surface area contributed by atoms with Crippen LogP contribution in [-0.2, 0) is 6.54 Å². The second-order valence-corrected chi connectivity index (χ2v) is 13.4. The first-order chi connectivity index (χ1) is 21.7. The summed E-state index contributed by atoms with van der Waals surface area (Å²) >= 11 is 3.58. The van der Waals surface area contributed by atoms with Gasteiger partial charge in [0, 0.05) is 68.7 Å². The Labute approximate surface area is 260 Å². The van der Waals surface area contributed by atoms with Gasteiger partial charge in [-0.2, -0.15) is 10.5 Å². The summed E-state index contributed by atoms with van der Waals surface area (Å²) in [5, 5.41) is 26.6. The van der Waals surface area contributed by atoms with Crippen LogP contribution in [0.1, 0.15) is 16.7 Å². The summed E-state index contributed by atoms with van der Waals surface area (Å²) < 4.78 is 7.30. The molecule has 0 radical (unpaired) electrons. The SMILES string of the molecule is N#Cc1ccc(Cn2c3ccccc3c3ccccc32)c(-c2ccc3sc4cc5c(cc4c3c2)sc2ccc(C#N)cc25)c1. The summed E-state index contributed by atoms with van der Waals surface area (Å²) in [5.74, 6) is 0. The third kappa shape index (κ3) is 3.71. The van der Waals surface area contributed by atoms with Gasteiger partial charge in [-0.25, -0.2) is 0 Å². The zero-order valence-corrected chi connectivity index (χ0v) is 25.0. The van der Waals surface area contributed by atoms with Crippen molar-refractivity contribution in [3.63, 3.8) is 0 Å². The highest BCUT2D eigenvalue weighted by molar-refractivity contribution is 7.27. The predicted molar refractivity (Wildman–Crippen MR) is 186 cm³/mol. The van der Waals surface area contributed by atoms with Crippen LogP contribution in [0.25, 0.3) is 73.3 Å². The molecule has 0 aliphatic heterocycles. The molecule has 0 bridgehead atoms. The van der Waals surface area contributed by atoms with Crippen LogP contribution in [0.5, 0.6) is 0 Å². The second kappa shape index (κ2) is 9.53. The van der Waals surface area contributed by atoms with Gasteiger partial charge in [0.25, 0.3) is 0 Å². The fraction of sp³-hybridized carbons (Fsp3) is 0.0256. The Hall–Kier alpha value is -5.46. The first kappa shape index (κ1) is 25.1. The molecule has 9 rings (SSSR count). The number of benzene rings is 6. The summed E-state index contributed by atoms with van der Waals surface area (Å²) in [6.07, 6.45) is 0. The zero-order chi connectivity index (χ0) is 29.4. The van der Waals surface area contributed by atoms with Crippen LogP contribution in [0.2, 0.25) is 0 Å². The van der Waals surface area contributed by atoms with Crippen molar-refractivity contribution in [1.29, 1.82) is 10.5 Å². The van der Waals surface area contributed by atoms with Crippen molar-refractivity contribution in [2.45, 2.75) is 6.54 Å². The fourth-order valence-electron chi connectivity index (χ4n) is 6.68. The number of hydrogen-bond donors (Lipinski definition) is 0. The quantitative estimate of drug-likeness (QED) is 0.204. The van der Waals surface area contributed by atoms with Crippen molar-refractivity contribution in [1.82, 2.24) is 4.57 Å². The van der Waals surface area contributed by atoms with Crippen molar-refractivity contribution in [3.05, 3.63) is 132 Å². The zero-order valence-electron chi connectivity index (χ0n) is 23.3. The second-order valence-electron chi connectivity index (χ2n) is 11.2. The highest BCUT2D eigenvalue weighted by Gasteiger charge is 2.16. The molecule has 204 valence electrons. The molecule has 0 N–H and O–H groups in total. The van der Waals surface area contributed by atoms with Crippen LogP contribution < -0.4 is 0 Å². The highest BCUT2D eigenvalue weighted by Crippen LogP contribution is 2.43. The van der Waals surface area contributed by atoms with Gasteiger partial charge < -0.3 is 4.57 Å². The van der Waals surface area contributed by atoms with Gasteiger partial charge in [0.1, 0.15) is 0 Å². The lowest BCUT2D eigenvalue weighted by Gasteiger charge is -2.14. The molecule has 3 heterocycles. The maximum atomic E-state index is 9.84. The van der Waals surface area contributed by atoms with Crippen LogP contribution in [0.3, 0.4) is 0 Å². The molecule has 3 aromatic heterocycles. The molecule has 0 aliphatic carbocycles. The molecule has 0 spiro atoms. The Morgan fingerprint density at radius 3 is 1.70 bits per heavy atom. The summed E-state index contributed by atoms with van der Waals surface area (Å²) in [6.45, 7) is 0.699. The molecule has 0 atom stereocenters. The summed E-state index contributed by atoms with van der Waals surface area (Å²) in [6, 6.07) is 45.2. The van der Waals surface area contributed by atoms with E-state index in [1.807, 2.05) is 24.3 Å². The molecule has 0 fully saturated rings. The lowest BCUT2D eigenvalue weighted by molar-refractivity contribution is 0.870. The van der Waals surface area contributed by atoms with E-state index < -0.39 is 0 Å². The van der Waals surface area contributed by atoms with E-state index >= 15 is 0 Å². The van der Waals surface area contributed by atoms with Crippen LogP contribution in [0.4, 0.5) is 0 Å². The normalized spacial score (nSPS) is 11.7. The van der Waals surface area contributed by atoms with Crippen LogP contribution >= 0.6 is 22.7 Å². The number of para-hydroxylation sites is 2. The number of fused-ring (bicyclic) bond motifs is 9. The lowest BCUT2D eigenvalue weighted by atomic mass is 9.96. The van der Waals surface area contributed by atoms with E-state index in [-0.39, 0.29) is 0 Å². The Kier molecular flexibility index (Phi) is 5.43. The van der Waals surface area contributed by atoms with E-state index in [4.69, 9.17) is 0 Å². The average Bonchev–Trinajstić information content (AvgIpc) is 3.72. The smallest absolute Gasteiger partial charge is 0.0991 e. The number of rotatable bonds is 3. The standard InChI is InChI=1S/C39H21N3S2/c40-20-23-9-11-26(22-42-34-7-3-1-5-27(34)28-6-2-4-8-35(28)42)29(15-23)25-12-14-37-31(17-25)33-19-38-32(18-39(33)44-37)30-16-24(21-41)10-13-36(30)43-38/h1-19H,22H2. The molecule has 0 saturated heterocycles. The van der Waals surface area contributed by atoms with Crippen molar-refractivity contribution >= 4 is 84.8 Å². The fourth-order valence-corrected chi connectivity index (χ4v) is 8.89. The molecule has 44 heavy (non-hydrogen) atoms. The molecule has 0 saturated carbocycles. The molecule has 0 aliphatic rings. The largest absolute Gasteiger partial charge is 0.336 e. The molecule has 0 unspecified atom stereocenters. The van der Waals surface area contributed by atoms with Gasteiger partial charge in [-0.05, 0) is 83.4 Å². The Morgan fingerprint density at radius 2 is 1.05 bits per heavy atom. The predicted octanol–water partition coefficient (Wildman–Crippen LogP) is 11.0. The van der Waals surface area contributed by atoms with Crippen molar-refractivity contribution in [3.8, 4) is 23.3 Å². The van der Waals surface area contributed by atoms with Gasteiger partial charge >= 0.3 is 0 Å². The Bertz CT molecular complexity index is 2670. The third-order valence-corrected chi connectivity index (χ3v) is 11.0. The Balaban J connectivity index is 1.23. The highest BCUT2D eigenvalue weighted by atomic mass is 32.1. The molecular formula is C39H21N3S2. The molecule has 5 heteroatoms. The third-order valence-electron chi connectivity index (χ3n) is 8.75. The van der Waals surface area contributed by atoms with E-state index in [2.05, 4.69) is 108 Å². The van der Waals surface area contributed by atoms with Crippen LogP contribution in [0.15, 0.2) is 115 Å². The van der Waals surface area contributed by atoms with Crippen molar-refractivity contribution in [2.75, 3.05) is 0 Å². The summed E-state index contributed by atoms with van der Waals surface area (Å²) in [4.78, 5) is 0. The molecule has 3 nitrogen and oxygen atoms in total. The molecule has 0 amide bonds. The van der Waals surface area contributed by atoms with Crippen LogP contribution in [0, 0.1) is 22.7 Å². The summed E-state index contributed by atoms with van der Waals surface area (Å²) in [5.41, 5.74) is 7.13. The molecular weight excluding hydrogens is 575 g/mol. The van der Waals surface area contributed by atoms with E-state index in [1.54, 1.807) is 22.7 Å². The number of nitriles is 2. The molecule has 9 aromatic rings. The topological polar surface area (TPSA) is 52.5 Å². The average molecular weight is 596 g/mol. The van der Waals surface area contributed by atoms with E-state index in [0.29, 0.717) is 17.7 Å². The van der Waals surface area contributed by atoms with Gasteiger partial charge in [0.15, 0.2) is 0 Å². The van der Waals surface area contributed by atoms with Gasteiger partial charge in [0.2, 0.25) is 0 Å². The van der Waals surface area contributed by atoms with Gasteiger partial charge in [0.05, 0.1) is 23.3 Å².